The van der Waals surface area contributed by atoms with Gasteiger partial charge in [0.25, 0.3) is 11.5 Å². The van der Waals surface area contributed by atoms with Gasteiger partial charge in [-0.05, 0) is 47.5 Å². The zero-order valence-electron chi connectivity index (χ0n) is 19.8. The van der Waals surface area contributed by atoms with Crippen LogP contribution in [0.15, 0.2) is 65.7 Å². The lowest BCUT2D eigenvalue weighted by Crippen LogP contribution is -2.33. The molecular weight excluding hydrogens is 519 g/mol. The van der Waals surface area contributed by atoms with E-state index < -0.39 is 52.9 Å². The highest BCUT2D eigenvalue weighted by Gasteiger charge is 2.37. The van der Waals surface area contributed by atoms with Crippen LogP contribution in [0.1, 0.15) is 27.2 Å². The number of pyridine rings is 2. The van der Waals surface area contributed by atoms with Gasteiger partial charge >= 0.3 is 12.4 Å². The van der Waals surface area contributed by atoms with E-state index in [4.69, 9.17) is 0 Å². The van der Waals surface area contributed by atoms with Gasteiger partial charge in [-0.1, -0.05) is 12.1 Å². The highest BCUT2D eigenvalue weighted by Crippen LogP contribution is 2.37. The van der Waals surface area contributed by atoms with Gasteiger partial charge < -0.3 is 9.47 Å². The van der Waals surface area contributed by atoms with Gasteiger partial charge in [0.05, 0.1) is 16.5 Å². The third-order valence-corrected chi connectivity index (χ3v) is 5.95. The van der Waals surface area contributed by atoms with Crippen molar-refractivity contribution < 1.29 is 35.5 Å². The molecule has 1 amide bonds. The molecule has 0 N–H and O–H groups in total. The number of benzene rings is 2. The van der Waals surface area contributed by atoms with Crippen LogP contribution in [0.3, 0.4) is 0 Å². The Morgan fingerprint density at radius 2 is 1.50 bits per heavy atom. The average Bonchev–Trinajstić information content (AvgIpc) is 2.85. The summed E-state index contributed by atoms with van der Waals surface area (Å²) >= 11 is 0. The average molecular weight is 537 g/mol. The van der Waals surface area contributed by atoms with Crippen molar-refractivity contribution in [2.75, 3.05) is 7.05 Å². The minimum Gasteiger partial charge on any atom is -0.336 e. The van der Waals surface area contributed by atoms with E-state index in [-0.39, 0.29) is 28.1 Å². The summed E-state index contributed by atoms with van der Waals surface area (Å²) in [5.41, 5.74) is -3.68. The fourth-order valence-electron chi connectivity index (χ4n) is 4.15. The van der Waals surface area contributed by atoms with Crippen molar-refractivity contribution in [2.45, 2.75) is 18.9 Å². The van der Waals surface area contributed by atoms with Gasteiger partial charge in [-0.25, -0.2) is 4.39 Å². The van der Waals surface area contributed by atoms with E-state index >= 15 is 0 Å². The van der Waals surface area contributed by atoms with E-state index in [1.165, 1.54) is 44.7 Å². The van der Waals surface area contributed by atoms with E-state index in [2.05, 4.69) is 4.98 Å². The molecule has 0 saturated heterocycles. The van der Waals surface area contributed by atoms with Gasteiger partial charge in [0.15, 0.2) is 0 Å². The first-order valence-corrected chi connectivity index (χ1v) is 10.9. The van der Waals surface area contributed by atoms with Gasteiger partial charge in [0.2, 0.25) is 0 Å². The predicted molar refractivity (Wildman–Crippen MR) is 125 cm³/mol. The molecule has 0 fully saturated rings. The first kappa shape index (κ1) is 26.8. The van der Waals surface area contributed by atoms with Crippen molar-refractivity contribution in [1.82, 2.24) is 14.5 Å². The van der Waals surface area contributed by atoms with E-state index in [1.807, 2.05) is 0 Å². The molecule has 2 heterocycles. The second kappa shape index (κ2) is 9.58. The number of hydrogen-bond donors (Lipinski definition) is 0. The lowest BCUT2D eigenvalue weighted by Gasteiger charge is -2.23. The van der Waals surface area contributed by atoms with Crippen LogP contribution >= 0.6 is 0 Å². The number of fused-ring (bicyclic) bond motifs is 1. The quantitative estimate of drug-likeness (QED) is 0.298. The number of amides is 1. The fraction of sp³-hybridized carbons (Fsp3) is 0.192. The van der Waals surface area contributed by atoms with E-state index in [9.17, 15) is 40.3 Å². The number of halogens is 7. The summed E-state index contributed by atoms with van der Waals surface area (Å²) in [7, 11) is 2.49. The molecule has 38 heavy (non-hydrogen) atoms. The number of hydrogen-bond acceptors (Lipinski definition) is 3. The smallest absolute Gasteiger partial charge is 0.336 e. The molecule has 2 aromatic carbocycles. The van der Waals surface area contributed by atoms with Crippen molar-refractivity contribution in [3.63, 3.8) is 0 Å². The molecule has 5 nitrogen and oxygen atoms in total. The summed E-state index contributed by atoms with van der Waals surface area (Å²) in [6.07, 6.45) is -7.39. The second-order valence-electron chi connectivity index (χ2n) is 8.59. The molecule has 0 saturated carbocycles. The van der Waals surface area contributed by atoms with Crippen LogP contribution in [0.5, 0.6) is 0 Å². The molecule has 0 aliphatic carbocycles. The molecule has 0 aliphatic heterocycles. The largest absolute Gasteiger partial charge is 0.416 e. The Morgan fingerprint density at radius 1 is 0.921 bits per heavy atom. The Kier molecular flexibility index (Phi) is 6.77. The monoisotopic (exact) mass is 537 g/mol. The molecule has 12 heteroatoms. The van der Waals surface area contributed by atoms with Crippen LogP contribution in [-0.4, -0.2) is 27.4 Å². The topological polar surface area (TPSA) is 55.2 Å². The van der Waals surface area contributed by atoms with Gasteiger partial charge in [0.1, 0.15) is 11.5 Å². The molecule has 4 aromatic rings. The predicted octanol–water partition coefficient (Wildman–Crippen LogP) is 6.05. The molecule has 0 unspecified atom stereocenters. The van der Waals surface area contributed by atoms with Crippen molar-refractivity contribution in [2.24, 2.45) is 7.05 Å². The van der Waals surface area contributed by atoms with Crippen LogP contribution in [-0.2, 0) is 25.9 Å². The Bertz CT molecular complexity index is 1560. The lowest BCUT2D eigenvalue weighted by atomic mass is 9.97. The molecule has 0 radical (unpaired) electrons. The van der Waals surface area contributed by atoms with Crippen LogP contribution in [0.25, 0.3) is 21.9 Å². The summed E-state index contributed by atoms with van der Waals surface area (Å²) in [4.78, 5) is 31.6. The SMILES string of the molecule is CN(Cc1cc(C(F)(F)F)cc(C(F)(F)F)c1)C(=O)c1c(-c2ccc(F)cc2)c2cnccc2c(=O)n1C. The van der Waals surface area contributed by atoms with E-state index in [0.29, 0.717) is 17.7 Å². The molecule has 0 atom stereocenters. The number of carbonyl (C=O) groups excluding carboxylic acids is 1. The highest BCUT2D eigenvalue weighted by atomic mass is 19.4. The van der Waals surface area contributed by atoms with Crippen molar-refractivity contribution in [1.29, 1.82) is 0 Å². The van der Waals surface area contributed by atoms with Gasteiger partial charge in [0, 0.05) is 44.0 Å². The standard InChI is InChI=1S/C26H18F7N3O2/c1-35(13-14-9-16(25(28,29)30)11-17(10-14)26(31,32)33)24(38)22-21(15-3-5-18(27)6-4-15)20-12-34-8-7-19(20)23(37)36(22)2/h3-12H,13H2,1-2H3. The maximum Gasteiger partial charge on any atom is 0.416 e. The molecule has 0 aliphatic rings. The zero-order valence-corrected chi connectivity index (χ0v) is 19.8. The third kappa shape index (κ3) is 5.11. The highest BCUT2D eigenvalue weighted by molar-refractivity contribution is 6.08. The number of aromatic nitrogens is 2. The Labute approximate surface area is 210 Å². The van der Waals surface area contributed by atoms with Crippen LogP contribution in [0.4, 0.5) is 30.7 Å². The van der Waals surface area contributed by atoms with Gasteiger partial charge in [-0.2, -0.15) is 26.3 Å². The van der Waals surface area contributed by atoms with Gasteiger partial charge in [-0.15, -0.1) is 0 Å². The molecule has 198 valence electrons. The van der Waals surface area contributed by atoms with Crippen molar-refractivity contribution >= 4 is 16.7 Å². The summed E-state index contributed by atoms with van der Waals surface area (Å²) in [6.45, 7) is -0.631. The first-order chi connectivity index (χ1) is 17.7. The number of alkyl halides is 6. The number of rotatable bonds is 4. The second-order valence-corrected chi connectivity index (χ2v) is 8.59. The molecular formula is C26H18F7N3O2. The maximum absolute atomic E-state index is 13.6. The molecule has 4 rings (SSSR count). The molecule has 2 aromatic heterocycles. The Hall–Kier alpha value is -4.22. The number of nitrogens with zero attached hydrogens (tertiary/aromatic N) is 3. The Balaban J connectivity index is 1.86. The van der Waals surface area contributed by atoms with Crippen LogP contribution < -0.4 is 5.56 Å². The summed E-state index contributed by atoms with van der Waals surface area (Å²) < 4.78 is 94.4. The van der Waals surface area contributed by atoms with Gasteiger partial charge in [-0.3, -0.25) is 14.6 Å². The van der Waals surface area contributed by atoms with E-state index in [0.717, 1.165) is 21.6 Å². The molecule has 0 spiro atoms. The summed E-state index contributed by atoms with van der Waals surface area (Å²) in [5, 5.41) is 0.464. The summed E-state index contributed by atoms with van der Waals surface area (Å²) in [6, 6.07) is 7.53. The molecule has 0 bridgehead atoms. The fourth-order valence-corrected chi connectivity index (χ4v) is 4.15. The number of carbonyl (C=O) groups is 1. The van der Waals surface area contributed by atoms with E-state index in [1.54, 1.807) is 0 Å². The van der Waals surface area contributed by atoms with Crippen LogP contribution in [0.2, 0.25) is 0 Å². The van der Waals surface area contributed by atoms with Crippen molar-refractivity contribution in [3.05, 3.63) is 99.5 Å². The van der Waals surface area contributed by atoms with Crippen LogP contribution in [0, 0.1) is 5.82 Å². The normalized spacial score (nSPS) is 12.1. The summed E-state index contributed by atoms with van der Waals surface area (Å²) in [5.74, 6) is -1.42. The lowest BCUT2D eigenvalue weighted by molar-refractivity contribution is -0.143. The Morgan fingerprint density at radius 3 is 2.05 bits per heavy atom. The maximum atomic E-state index is 13.6. The first-order valence-electron chi connectivity index (χ1n) is 10.9. The van der Waals surface area contributed by atoms with Crippen molar-refractivity contribution in [3.8, 4) is 11.1 Å². The third-order valence-electron chi connectivity index (χ3n) is 5.95. The minimum atomic E-state index is -5.05. The minimum absolute atomic E-state index is 0.00198. The zero-order chi connectivity index (χ0) is 28.0.